The van der Waals surface area contributed by atoms with Crippen LogP contribution in [0.2, 0.25) is 0 Å². The molecule has 3 aliphatic heterocycles. The first-order valence-corrected chi connectivity index (χ1v) is 9.71. The van der Waals surface area contributed by atoms with E-state index in [0.717, 1.165) is 38.3 Å². The molecule has 4 heterocycles. The number of rotatable bonds is 3. The van der Waals surface area contributed by atoms with Crippen LogP contribution in [0.3, 0.4) is 0 Å². The largest absolute Gasteiger partial charge is 0.421 e. The van der Waals surface area contributed by atoms with Crippen LogP contribution >= 0.6 is 0 Å². The minimum absolute atomic E-state index is 0.143. The monoisotopic (exact) mass is 354 g/mol. The predicted octanol–water partition coefficient (Wildman–Crippen LogP) is 2.36. The van der Waals surface area contributed by atoms with E-state index in [2.05, 4.69) is 44.7 Å². The fourth-order valence-corrected chi connectivity index (χ4v) is 4.73. The summed E-state index contributed by atoms with van der Waals surface area (Å²) in [6.45, 7) is 7.06. The van der Waals surface area contributed by atoms with Gasteiger partial charge in [-0.2, -0.15) is 0 Å². The Labute approximate surface area is 153 Å². The highest BCUT2D eigenvalue weighted by Gasteiger charge is 2.47. The van der Waals surface area contributed by atoms with Gasteiger partial charge in [0, 0.05) is 31.6 Å². The van der Waals surface area contributed by atoms with Crippen LogP contribution in [0.25, 0.3) is 11.5 Å². The fourth-order valence-electron chi connectivity index (χ4n) is 4.73. The van der Waals surface area contributed by atoms with E-state index >= 15 is 0 Å². The average Bonchev–Trinajstić information content (AvgIpc) is 3.29. The molecule has 6 nitrogen and oxygen atoms in total. The Kier molecular flexibility index (Phi) is 4.07. The van der Waals surface area contributed by atoms with Crippen molar-refractivity contribution in [2.45, 2.75) is 43.7 Å². The number of aromatic nitrogens is 2. The lowest BCUT2D eigenvalue weighted by atomic mass is 9.85. The van der Waals surface area contributed by atoms with Gasteiger partial charge in [-0.25, -0.2) is 0 Å². The van der Waals surface area contributed by atoms with Crippen LogP contribution in [0.1, 0.15) is 36.6 Å². The Balaban J connectivity index is 1.27. The highest BCUT2D eigenvalue weighted by Crippen LogP contribution is 2.38. The van der Waals surface area contributed by atoms with E-state index in [1.54, 1.807) is 0 Å². The van der Waals surface area contributed by atoms with Crippen molar-refractivity contribution in [2.24, 2.45) is 0 Å². The molecule has 26 heavy (non-hydrogen) atoms. The smallest absolute Gasteiger partial charge is 0.248 e. The van der Waals surface area contributed by atoms with Gasteiger partial charge in [0.25, 0.3) is 0 Å². The van der Waals surface area contributed by atoms with E-state index in [9.17, 15) is 0 Å². The topological polar surface area (TPSA) is 63.4 Å². The Hall–Kier alpha value is -1.76. The summed E-state index contributed by atoms with van der Waals surface area (Å²) in [5.41, 5.74) is 2.58. The minimum atomic E-state index is 0.143. The molecule has 138 valence electrons. The van der Waals surface area contributed by atoms with Crippen molar-refractivity contribution in [3.05, 3.63) is 35.7 Å². The summed E-state index contributed by atoms with van der Waals surface area (Å²) in [5, 5.41) is 11.6. The lowest BCUT2D eigenvalue weighted by Crippen LogP contribution is -2.59. The molecule has 0 radical (unpaired) electrons. The standard InChI is InChI=1S/C20H26N4O2/c1-14-22-23-19(26-14)18-5-3-2-4-17(18)15-6-8-24(9-7-15)16-10-20(25-11-16)12-21-13-20/h2-5,15-16,21H,6-13H2,1H3. The van der Waals surface area contributed by atoms with E-state index in [1.165, 1.54) is 24.8 Å². The maximum absolute atomic E-state index is 6.10. The zero-order chi connectivity index (χ0) is 17.6. The zero-order valence-electron chi connectivity index (χ0n) is 15.3. The number of hydrogen-bond acceptors (Lipinski definition) is 6. The molecule has 1 aromatic carbocycles. The van der Waals surface area contributed by atoms with E-state index in [1.807, 2.05) is 6.92 Å². The van der Waals surface area contributed by atoms with Gasteiger partial charge >= 0.3 is 0 Å². The van der Waals surface area contributed by atoms with Crippen molar-refractivity contribution in [3.63, 3.8) is 0 Å². The second-order valence-electron chi connectivity index (χ2n) is 7.98. The summed E-state index contributed by atoms with van der Waals surface area (Å²) in [4.78, 5) is 2.64. The summed E-state index contributed by atoms with van der Waals surface area (Å²) in [7, 11) is 0. The third-order valence-corrected chi connectivity index (χ3v) is 6.29. The van der Waals surface area contributed by atoms with Crippen LogP contribution in [0.4, 0.5) is 0 Å². The predicted molar refractivity (Wildman–Crippen MR) is 98.0 cm³/mol. The molecule has 5 rings (SSSR count). The molecule has 0 saturated carbocycles. The summed E-state index contributed by atoms with van der Waals surface area (Å²) < 4.78 is 11.8. The van der Waals surface area contributed by atoms with Gasteiger partial charge in [0.2, 0.25) is 11.8 Å². The van der Waals surface area contributed by atoms with Gasteiger partial charge in [-0.1, -0.05) is 18.2 Å². The third-order valence-electron chi connectivity index (χ3n) is 6.29. The Bertz CT molecular complexity index is 778. The van der Waals surface area contributed by atoms with E-state index < -0.39 is 0 Å². The van der Waals surface area contributed by atoms with Crippen molar-refractivity contribution in [3.8, 4) is 11.5 Å². The molecular formula is C20H26N4O2. The molecule has 3 fully saturated rings. The maximum Gasteiger partial charge on any atom is 0.248 e. The first kappa shape index (κ1) is 16.4. The van der Waals surface area contributed by atoms with Crippen molar-refractivity contribution in [1.29, 1.82) is 0 Å². The van der Waals surface area contributed by atoms with Gasteiger partial charge < -0.3 is 14.5 Å². The number of nitrogens with one attached hydrogen (secondary N) is 1. The normalized spacial score (nSPS) is 26.3. The molecule has 1 unspecified atom stereocenters. The second kappa shape index (κ2) is 6.44. The second-order valence-corrected chi connectivity index (χ2v) is 7.98. The summed E-state index contributed by atoms with van der Waals surface area (Å²) in [5.74, 6) is 1.81. The Morgan fingerprint density at radius 1 is 1.15 bits per heavy atom. The Morgan fingerprint density at radius 2 is 1.96 bits per heavy atom. The first-order valence-electron chi connectivity index (χ1n) is 9.71. The van der Waals surface area contributed by atoms with Gasteiger partial charge in [0.1, 0.15) is 0 Å². The van der Waals surface area contributed by atoms with Crippen LogP contribution in [0, 0.1) is 6.92 Å². The summed E-state index contributed by atoms with van der Waals surface area (Å²) >= 11 is 0. The van der Waals surface area contributed by atoms with Crippen LogP contribution in [-0.4, -0.2) is 59.5 Å². The minimum Gasteiger partial charge on any atom is -0.421 e. The van der Waals surface area contributed by atoms with Gasteiger partial charge in [-0.3, -0.25) is 4.90 Å². The van der Waals surface area contributed by atoms with Crippen molar-refractivity contribution >= 4 is 0 Å². The number of piperidine rings is 1. The van der Waals surface area contributed by atoms with Crippen LogP contribution < -0.4 is 5.32 Å². The van der Waals surface area contributed by atoms with Gasteiger partial charge in [0.15, 0.2) is 0 Å². The van der Waals surface area contributed by atoms with Gasteiger partial charge in [-0.15, -0.1) is 10.2 Å². The number of benzene rings is 1. The molecule has 1 aromatic heterocycles. The van der Waals surface area contributed by atoms with Crippen molar-refractivity contribution < 1.29 is 9.15 Å². The van der Waals surface area contributed by atoms with E-state index in [-0.39, 0.29) is 5.60 Å². The lowest BCUT2D eigenvalue weighted by Gasteiger charge is -2.40. The molecule has 3 saturated heterocycles. The van der Waals surface area contributed by atoms with Gasteiger partial charge in [0.05, 0.1) is 12.2 Å². The highest BCUT2D eigenvalue weighted by atomic mass is 16.5. The molecule has 0 amide bonds. The summed E-state index contributed by atoms with van der Waals surface area (Å²) in [6.07, 6.45) is 3.53. The number of hydrogen-bond donors (Lipinski definition) is 1. The molecule has 1 atom stereocenters. The van der Waals surface area contributed by atoms with E-state index in [0.29, 0.717) is 23.7 Å². The molecule has 0 aliphatic carbocycles. The first-order chi connectivity index (χ1) is 12.7. The molecule has 1 spiro atoms. The molecule has 1 N–H and O–H groups in total. The quantitative estimate of drug-likeness (QED) is 0.913. The van der Waals surface area contributed by atoms with Crippen LogP contribution in [0.5, 0.6) is 0 Å². The molecule has 0 bridgehead atoms. The molecule has 2 aromatic rings. The fraction of sp³-hybridized carbons (Fsp3) is 0.600. The summed E-state index contributed by atoms with van der Waals surface area (Å²) in [6, 6.07) is 9.09. The lowest BCUT2D eigenvalue weighted by molar-refractivity contribution is -0.0367. The molecule has 3 aliphatic rings. The highest BCUT2D eigenvalue weighted by molar-refractivity contribution is 5.59. The number of ether oxygens (including phenoxy) is 1. The Morgan fingerprint density at radius 3 is 2.62 bits per heavy atom. The zero-order valence-corrected chi connectivity index (χ0v) is 15.3. The molecular weight excluding hydrogens is 328 g/mol. The third kappa shape index (κ3) is 2.86. The molecule has 6 heteroatoms. The number of nitrogens with zero attached hydrogens (tertiary/aromatic N) is 3. The SMILES string of the molecule is Cc1nnc(-c2ccccc2C2CCN(C3COC4(CNC4)C3)CC2)o1. The van der Waals surface area contributed by atoms with Crippen LogP contribution in [0.15, 0.2) is 28.7 Å². The van der Waals surface area contributed by atoms with Crippen LogP contribution in [-0.2, 0) is 4.74 Å². The maximum atomic E-state index is 6.10. The number of aryl methyl sites for hydroxylation is 1. The van der Waals surface area contributed by atoms with Crippen molar-refractivity contribution in [2.75, 3.05) is 32.8 Å². The van der Waals surface area contributed by atoms with Crippen molar-refractivity contribution in [1.82, 2.24) is 20.4 Å². The average molecular weight is 354 g/mol. The van der Waals surface area contributed by atoms with E-state index in [4.69, 9.17) is 9.15 Å². The van der Waals surface area contributed by atoms with Gasteiger partial charge in [-0.05, 0) is 49.9 Å². The number of likely N-dealkylation sites (tertiary alicyclic amines) is 1.